The van der Waals surface area contributed by atoms with Gasteiger partial charge in [-0.3, -0.25) is 9.89 Å². The standard InChI is InChI=1S/C15H14N4O2/c1-2-13(21)17-15-12-7-10(8-16-14(12)18-19-15)9-3-5-11(20)6-4-9/h3-8,20H,2H2,1H3,(H2,16,17,18,19,21). The van der Waals surface area contributed by atoms with E-state index in [1.807, 2.05) is 18.2 Å². The molecule has 21 heavy (non-hydrogen) atoms. The van der Waals surface area contributed by atoms with E-state index in [1.54, 1.807) is 25.3 Å². The molecule has 0 unspecified atom stereocenters. The summed E-state index contributed by atoms with van der Waals surface area (Å²) in [5.41, 5.74) is 2.36. The molecule has 3 rings (SSSR count). The Morgan fingerprint density at radius 1 is 1.29 bits per heavy atom. The van der Waals surface area contributed by atoms with Crippen molar-refractivity contribution in [1.82, 2.24) is 15.2 Å². The summed E-state index contributed by atoms with van der Waals surface area (Å²) in [6.45, 7) is 1.79. The minimum atomic E-state index is -0.0874. The molecule has 0 aliphatic carbocycles. The van der Waals surface area contributed by atoms with Crippen molar-refractivity contribution >= 4 is 22.8 Å². The second-order valence-electron chi connectivity index (χ2n) is 4.64. The maximum Gasteiger partial charge on any atom is 0.225 e. The van der Waals surface area contributed by atoms with Crippen LogP contribution in [0.15, 0.2) is 36.5 Å². The van der Waals surface area contributed by atoms with Gasteiger partial charge in [0.1, 0.15) is 11.6 Å². The number of hydrogen-bond donors (Lipinski definition) is 3. The van der Waals surface area contributed by atoms with E-state index in [0.717, 1.165) is 16.5 Å². The molecular formula is C15H14N4O2. The van der Waals surface area contributed by atoms with Gasteiger partial charge in [0.05, 0.1) is 5.39 Å². The van der Waals surface area contributed by atoms with Gasteiger partial charge in [0.2, 0.25) is 5.91 Å². The van der Waals surface area contributed by atoms with Gasteiger partial charge in [0.25, 0.3) is 0 Å². The molecule has 0 spiro atoms. The lowest BCUT2D eigenvalue weighted by Gasteiger charge is -2.03. The second kappa shape index (κ2) is 5.24. The van der Waals surface area contributed by atoms with Crippen molar-refractivity contribution in [1.29, 1.82) is 0 Å². The molecule has 0 saturated carbocycles. The summed E-state index contributed by atoms with van der Waals surface area (Å²) in [6, 6.07) is 8.76. The molecule has 6 nitrogen and oxygen atoms in total. The summed E-state index contributed by atoms with van der Waals surface area (Å²) in [5.74, 6) is 0.674. The summed E-state index contributed by atoms with van der Waals surface area (Å²) in [6.07, 6.45) is 2.10. The van der Waals surface area contributed by atoms with Gasteiger partial charge in [-0.15, -0.1) is 0 Å². The number of benzene rings is 1. The van der Waals surface area contributed by atoms with Crippen LogP contribution in [-0.4, -0.2) is 26.2 Å². The van der Waals surface area contributed by atoms with E-state index in [-0.39, 0.29) is 11.7 Å². The van der Waals surface area contributed by atoms with Crippen LogP contribution in [-0.2, 0) is 4.79 Å². The number of aromatic amines is 1. The van der Waals surface area contributed by atoms with Crippen LogP contribution < -0.4 is 5.32 Å². The molecule has 0 atom stereocenters. The summed E-state index contributed by atoms with van der Waals surface area (Å²) >= 11 is 0. The fourth-order valence-corrected chi connectivity index (χ4v) is 2.03. The van der Waals surface area contributed by atoms with Crippen molar-refractivity contribution in [2.75, 3.05) is 5.32 Å². The maximum absolute atomic E-state index is 11.5. The van der Waals surface area contributed by atoms with E-state index in [1.165, 1.54) is 0 Å². The Morgan fingerprint density at radius 3 is 2.76 bits per heavy atom. The van der Waals surface area contributed by atoms with Crippen LogP contribution in [0.4, 0.5) is 5.82 Å². The van der Waals surface area contributed by atoms with Crippen LogP contribution in [0.3, 0.4) is 0 Å². The Labute approximate surface area is 120 Å². The number of fused-ring (bicyclic) bond motifs is 1. The number of aromatic nitrogens is 3. The molecule has 1 amide bonds. The molecule has 0 radical (unpaired) electrons. The van der Waals surface area contributed by atoms with Gasteiger partial charge in [-0.05, 0) is 23.8 Å². The number of H-pyrrole nitrogens is 1. The Morgan fingerprint density at radius 2 is 2.05 bits per heavy atom. The summed E-state index contributed by atoms with van der Waals surface area (Å²) in [5, 5.41) is 19.7. The first-order valence-electron chi connectivity index (χ1n) is 6.60. The Hall–Kier alpha value is -2.89. The van der Waals surface area contributed by atoms with Gasteiger partial charge in [-0.25, -0.2) is 4.98 Å². The van der Waals surface area contributed by atoms with Crippen LogP contribution in [0.1, 0.15) is 13.3 Å². The molecule has 0 fully saturated rings. The molecule has 1 aromatic carbocycles. The highest BCUT2D eigenvalue weighted by atomic mass is 16.3. The van der Waals surface area contributed by atoms with Gasteiger partial charge >= 0.3 is 0 Å². The Bertz CT molecular complexity index is 793. The molecular weight excluding hydrogens is 268 g/mol. The number of carbonyl (C=O) groups is 1. The molecule has 0 aliphatic rings. The third-order valence-electron chi connectivity index (χ3n) is 3.20. The third-order valence-corrected chi connectivity index (χ3v) is 3.20. The largest absolute Gasteiger partial charge is 0.508 e. The van der Waals surface area contributed by atoms with Gasteiger partial charge < -0.3 is 10.4 Å². The lowest BCUT2D eigenvalue weighted by Crippen LogP contribution is -2.09. The van der Waals surface area contributed by atoms with Crippen LogP contribution in [0, 0.1) is 0 Å². The predicted octanol–water partition coefficient (Wildman–Crippen LogP) is 2.68. The van der Waals surface area contributed by atoms with Crippen molar-refractivity contribution < 1.29 is 9.90 Å². The first-order chi connectivity index (χ1) is 10.2. The van der Waals surface area contributed by atoms with Crippen LogP contribution in [0.25, 0.3) is 22.2 Å². The van der Waals surface area contributed by atoms with E-state index in [0.29, 0.717) is 17.9 Å². The van der Waals surface area contributed by atoms with Crippen molar-refractivity contribution in [3.05, 3.63) is 36.5 Å². The normalized spacial score (nSPS) is 10.7. The Kier molecular flexibility index (Phi) is 3.27. The highest BCUT2D eigenvalue weighted by molar-refractivity contribution is 5.99. The predicted molar refractivity (Wildman–Crippen MR) is 79.9 cm³/mol. The fourth-order valence-electron chi connectivity index (χ4n) is 2.03. The van der Waals surface area contributed by atoms with E-state index < -0.39 is 0 Å². The summed E-state index contributed by atoms with van der Waals surface area (Å²) in [7, 11) is 0. The zero-order valence-corrected chi connectivity index (χ0v) is 11.4. The van der Waals surface area contributed by atoms with Crippen molar-refractivity contribution in [2.45, 2.75) is 13.3 Å². The Balaban J connectivity index is 2.03. The summed E-state index contributed by atoms with van der Waals surface area (Å²) < 4.78 is 0. The number of pyridine rings is 1. The molecule has 0 aliphatic heterocycles. The number of phenolic OH excluding ortho intramolecular Hbond substituents is 1. The molecule has 3 N–H and O–H groups in total. The molecule has 6 heteroatoms. The number of carbonyl (C=O) groups excluding carboxylic acids is 1. The number of hydrogen-bond acceptors (Lipinski definition) is 4. The van der Waals surface area contributed by atoms with Crippen molar-refractivity contribution in [3.63, 3.8) is 0 Å². The minimum Gasteiger partial charge on any atom is -0.508 e. The first-order valence-corrected chi connectivity index (χ1v) is 6.60. The molecule has 3 aromatic rings. The number of aromatic hydroxyl groups is 1. The average Bonchev–Trinajstić information content (AvgIpc) is 2.90. The van der Waals surface area contributed by atoms with E-state index in [4.69, 9.17) is 0 Å². The van der Waals surface area contributed by atoms with Gasteiger partial charge in [-0.1, -0.05) is 19.1 Å². The third kappa shape index (κ3) is 2.55. The molecule has 2 heterocycles. The molecule has 0 bridgehead atoms. The van der Waals surface area contributed by atoms with Gasteiger partial charge in [0.15, 0.2) is 5.65 Å². The van der Waals surface area contributed by atoms with Crippen LogP contribution >= 0.6 is 0 Å². The summed E-state index contributed by atoms with van der Waals surface area (Å²) in [4.78, 5) is 15.8. The van der Waals surface area contributed by atoms with Crippen LogP contribution in [0.5, 0.6) is 5.75 Å². The number of phenols is 1. The van der Waals surface area contributed by atoms with Crippen LogP contribution in [0.2, 0.25) is 0 Å². The highest BCUT2D eigenvalue weighted by Gasteiger charge is 2.10. The lowest BCUT2D eigenvalue weighted by atomic mass is 10.1. The molecule has 106 valence electrons. The van der Waals surface area contributed by atoms with Gasteiger partial charge in [-0.2, -0.15) is 5.10 Å². The topological polar surface area (TPSA) is 90.9 Å². The van der Waals surface area contributed by atoms with Gasteiger partial charge in [0, 0.05) is 18.2 Å². The maximum atomic E-state index is 11.5. The number of nitrogens with one attached hydrogen (secondary N) is 2. The lowest BCUT2D eigenvalue weighted by molar-refractivity contribution is -0.115. The molecule has 0 saturated heterocycles. The smallest absolute Gasteiger partial charge is 0.225 e. The van der Waals surface area contributed by atoms with Crippen molar-refractivity contribution in [3.8, 4) is 16.9 Å². The fraction of sp³-hybridized carbons (Fsp3) is 0.133. The number of amides is 1. The second-order valence-corrected chi connectivity index (χ2v) is 4.64. The molecule has 2 aromatic heterocycles. The zero-order valence-electron chi connectivity index (χ0n) is 11.4. The monoisotopic (exact) mass is 282 g/mol. The SMILES string of the molecule is CCC(=O)Nc1[nH]nc2ncc(-c3ccc(O)cc3)cc12. The first kappa shape index (κ1) is 13.1. The van der Waals surface area contributed by atoms with E-state index in [9.17, 15) is 9.90 Å². The van der Waals surface area contributed by atoms with E-state index >= 15 is 0 Å². The highest BCUT2D eigenvalue weighted by Crippen LogP contribution is 2.27. The quantitative estimate of drug-likeness (QED) is 0.688. The average molecular weight is 282 g/mol. The number of nitrogens with zero attached hydrogens (tertiary/aromatic N) is 2. The number of anilines is 1. The zero-order chi connectivity index (χ0) is 14.8. The van der Waals surface area contributed by atoms with E-state index in [2.05, 4.69) is 20.5 Å². The minimum absolute atomic E-state index is 0.0874. The number of rotatable bonds is 3. The van der Waals surface area contributed by atoms with Crippen molar-refractivity contribution in [2.24, 2.45) is 0 Å².